The number of nitrogens with one attached hydrogen (secondary N) is 1. The molecule has 0 bridgehead atoms. The van der Waals surface area contributed by atoms with Crippen LogP contribution >= 0.6 is 0 Å². The summed E-state index contributed by atoms with van der Waals surface area (Å²) in [7, 11) is 0. The number of nitrogens with two attached hydrogens (primary N) is 1. The number of aliphatic hydroxyl groups is 1. The zero-order valence-electron chi connectivity index (χ0n) is 16.6. The summed E-state index contributed by atoms with van der Waals surface area (Å²) in [5.41, 5.74) is 8.18. The van der Waals surface area contributed by atoms with Crippen LogP contribution in [0.1, 0.15) is 64.0 Å². The number of carbonyl (C=O) groups is 1. The fourth-order valence-electron chi connectivity index (χ4n) is 2.67. The van der Waals surface area contributed by atoms with Crippen molar-refractivity contribution in [1.82, 2.24) is 5.32 Å². The molecular weight excluding hydrogens is 328 g/mol. The van der Waals surface area contributed by atoms with Crippen molar-refractivity contribution in [2.75, 3.05) is 13.2 Å². The molecule has 0 spiro atoms. The summed E-state index contributed by atoms with van der Waals surface area (Å²) in [6, 6.07) is 8.01. The van der Waals surface area contributed by atoms with Crippen molar-refractivity contribution in [1.29, 1.82) is 0 Å². The lowest BCUT2D eigenvalue weighted by molar-refractivity contribution is -0.146. The van der Waals surface area contributed by atoms with E-state index in [1.807, 2.05) is 24.3 Å². The second-order valence-electron chi connectivity index (χ2n) is 8.11. The molecule has 0 radical (unpaired) electrons. The first kappa shape index (κ1) is 22.6. The van der Waals surface area contributed by atoms with Gasteiger partial charge in [0.1, 0.15) is 12.7 Å². The molecule has 0 aromatic heterocycles. The number of benzene rings is 1. The highest BCUT2D eigenvalue weighted by Crippen LogP contribution is 2.22. The molecule has 0 fully saturated rings. The van der Waals surface area contributed by atoms with Crippen molar-refractivity contribution in [2.24, 2.45) is 11.1 Å². The fraction of sp³-hybridized carbons (Fsp3) is 0.667. The van der Waals surface area contributed by atoms with Gasteiger partial charge in [0, 0.05) is 26.1 Å². The number of carbonyl (C=O) groups excluding carboxylic acids is 1. The van der Waals surface area contributed by atoms with Gasteiger partial charge < -0.3 is 20.9 Å². The van der Waals surface area contributed by atoms with E-state index in [2.05, 4.69) is 26.1 Å². The predicted octanol–water partition coefficient (Wildman–Crippen LogP) is 3.14. The summed E-state index contributed by atoms with van der Waals surface area (Å²) in [6.45, 7) is 8.26. The van der Waals surface area contributed by atoms with Gasteiger partial charge in [-0.05, 0) is 29.4 Å². The van der Waals surface area contributed by atoms with E-state index in [1.165, 1.54) is 6.42 Å². The maximum atomic E-state index is 11.7. The molecule has 148 valence electrons. The van der Waals surface area contributed by atoms with Gasteiger partial charge in [-0.3, -0.25) is 4.79 Å². The van der Waals surface area contributed by atoms with Crippen LogP contribution in [0.15, 0.2) is 24.3 Å². The van der Waals surface area contributed by atoms with E-state index in [9.17, 15) is 9.90 Å². The summed E-state index contributed by atoms with van der Waals surface area (Å²) in [6.07, 6.45) is 3.92. The van der Waals surface area contributed by atoms with Crippen molar-refractivity contribution >= 4 is 5.97 Å². The van der Waals surface area contributed by atoms with Crippen molar-refractivity contribution < 1.29 is 14.6 Å². The lowest BCUT2D eigenvalue weighted by Gasteiger charge is -2.17. The van der Waals surface area contributed by atoms with Gasteiger partial charge in [0.15, 0.2) is 0 Å². The van der Waals surface area contributed by atoms with Crippen LogP contribution in [-0.4, -0.2) is 30.3 Å². The van der Waals surface area contributed by atoms with Gasteiger partial charge in [-0.15, -0.1) is 0 Å². The van der Waals surface area contributed by atoms with Gasteiger partial charge >= 0.3 is 5.97 Å². The minimum absolute atomic E-state index is 0.0384. The molecule has 5 heteroatoms. The summed E-state index contributed by atoms with van der Waals surface area (Å²) in [4.78, 5) is 11.7. The zero-order chi connectivity index (χ0) is 19.4. The lowest BCUT2D eigenvalue weighted by Crippen LogP contribution is -2.31. The highest BCUT2D eigenvalue weighted by atomic mass is 16.5. The van der Waals surface area contributed by atoms with Crippen LogP contribution < -0.4 is 11.1 Å². The summed E-state index contributed by atoms with van der Waals surface area (Å²) in [5.74, 6) is -0.226. The highest BCUT2D eigenvalue weighted by Gasteiger charge is 2.11. The van der Waals surface area contributed by atoms with Crippen LogP contribution in [0.2, 0.25) is 0 Å². The van der Waals surface area contributed by atoms with Crippen molar-refractivity contribution in [2.45, 2.75) is 72.1 Å². The van der Waals surface area contributed by atoms with Crippen LogP contribution in [-0.2, 0) is 22.6 Å². The van der Waals surface area contributed by atoms with Crippen LogP contribution in [0.4, 0.5) is 0 Å². The molecule has 1 rings (SSSR count). The van der Waals surface area contributed by atoms with E-state index >= 15 is 0 Å². The maximum absolute atomic E-state index is 11.7. The van der Waals surface area contributed by atoms with E-state index in [0.29, 0.717) is 31.5 Å². The van der Waals surface area contributed by atoms with E-state index in [0.717, 1.165) is 30.4 Å². The summed E-state index contributed by atoms with van der Waals surface area (Å²) >= 11 is 0. The molecule has 1 aromatic rings. The standard InChI is InChI=1S/C21H36N2O3/c1-21(2,3)11-6-4-5-10-20(25)26-16-19(24)15-23-14-18-9-7-8-17(12-18)13-22/h7-9,12,19,23-24H,4-6,10-11,13-16,22H2,1-3H3/t19-/m1/s1. The first-order valence-electron chi connectivity index (χ1n) is 9.62. The molecule has 26 heavy (non-hydrogen) atoms. The number of unbranched alkanes of at least 4 members (excludes halogenated alkanes) is 2. The van der Waals surface area contributed by atoms with Crippen molar-refractivity contribution in [3.8, 4) is 0 Å². The van der Waals surface area contributed by atoms with Crippen LogP contribution in [0.25, 0.3) is 0 Å². The first-order chi connectivity index (χ1) is 12.3. The van der Waals surface area contributed by atoms with Crippen LogP contribution in [0, 0.1) is 5.41 Å². The largest absolute Gasteiger partial charge is 0.463 e. The van der Waals surface area contributed by atoms with E-state index in [4.69, 9.17) is 10.5 Å². The Morgan fingerprint density at radius 1 is 1.23 bits per heavy atom. The fourth-order valence-corrected chi connectivity index (χ4v) is 2.67. The second-order valence-corrected chi connectivity index (χ2v) is 8.11. The summed E-state index contributed by atoms with van der Waals surface area (Å²) < 4.78 is 5.15. The monoisotopic (exact) mass is 364 g/mol. The molecule has 0 unspecified atom stereocenters. The van der Waals surface area contributed by atoms with Gasteiger partial charge in [0.25, 0.3) is 0 Å². The van der Waals surface area contributed by atoms with Gasteiger partial charge in [-0.1, -0.05) is 57.9 Å². The van der Waals surface area contributed by atoms with Gasteiger partial charge in [-0.25, -0.2) is 0 Å². The van der Waals surface area contributed by atoms with E-state index in [1.54, 1.807) is 0 Å². The topological polar surface area (TPSA) is 84.6 Å². The van der Waals surface area contributed by atoms with E-state index in [-0.39, 0.29) is 12.6 Å². The molecule has 0 saturated heterocycles. The molecule has 0 amide bonds. The third-order valence-electron chi connectivity index (χ3n) is 4.18. The smallest absolute Gasteiger partial charge is 0.305 e. The Hall–Kier alpha value is -1.43. The number of ether oxygens (including phenoxy) is 1. The minimum atomic E-state index is -0.697. The summed E-state index contributed by atoms with van der Waals surface area (Å²) in [5, 5.41) is 13.1. The average Bonchev–Trinajstić information content (AvgIpc) is 2.59. The predicted molar refractivity (Wildman–Crippen MR) is 106 cm³/mol. The van der Waals surface area contributed by atoms with Crippen LogP contribution in [0.5, 0.6) is 0 Å². The maximum Gasteiger partial charge on any atom is 0.305 e. The van der Waals surface area contributed by atoms with Gasteiger partial charge in [-0.2, -0.15) is 0 Å². The van der Waals surface area contributed by atoms with Gasteiger partial charge in [0.05, 0.1) is 0 Å². The Kier molecular flexibility index (Phi) is 10.5. The third-order valence-corrected chi connectivity index (χ3v) is 4.18. The number of rotatable bonds is 12. The molecule has 5 nitrogen and oxygen atoms in total. The molecular formula is C21H36N2O3. The SMILES string of the molecule is CC(C)(C)CCCCCC(=O)OC[C@H](O)CNCc1cccc(CN)c1. The molecule has 0 aliphatic rings. The molecule has 0 aliphatic heterocycles. The Labute approximate surface area is 158 Å². The normalized spacial score (nSPS) is 12.8. The molecule has 0 saturated carbocycles. The Bertz CT molecular complexity index is 526. The van der Waals surface area contributed by atoms with Crippen molar-refractivity contribution in [3.63, 3.8) is 0 Å². The zero-order valence-corrected chi connectivity index (χ0v) is 16.6. The minimum Gasteiger partial charge on any atom is -0.463 e. The van der Waals surface area contributed by atoms with Crippen molar-refractivity contribution in [3.05, 3.63) is 35.4 Å². The lowest BCUT2D eigenvalue weighted by atomic mass is 9.89. The van der Waals surface area contributed by atoms with Crippen LogP contribution in [0.3, 0.4) is 0 Å². The highest BCUT2D eigenvalue weighted by molar-refractivity contribution is 5.69. The molecule has 4 N–H and O–H groups in total. The number of hydrogen-bond donors (Lipinski definition) is 3. The Morgan fingerprint density at radius 2 is 1.96 bits per heavy atom. The third kappa shape index (κ3) is 11.2. The molecule has 0 aliphatic carbocycles. The Balaban J connectivity index is 2.08. The number of hydrogen-bond acceptors (Lipinski definition) is 5. The second kappa shape index (κ2) is 12.0. The first-order valence-corrected chi connectivity index (χ1v) is 9.62. The number of esters is 1. The van der Waals surface area contributed by atoms with Gasteiger partial charge in [0.2, 0.25) is 0 Å². The van der Waals surface area contributed by atoms with E-state index < -0.39 is 6.10 Å². The Morgan fingerprint density at radius 3 is 2.65 bits per heavy atom. The quantitative estimate of drug-likeness (QED) is 0.392. The molecule has 1 atom stereocenters. The average molecular weight is 365 g/mol. The molecule has 0 heterocycles. The molecule has 1 aromatic carbocycles. The number of aliphatic hydroxyl groups excluding tert-OH is 1.